The number of anilines is 1. The summed E-state index contributed by atoms with van der Waals surface area (Å²) in [6.07, 6.45) is 1.81. The third kappa shape index (κ3) is 2.22. The molecular formula is C16H14N2O. The van der Waals surface area contributed by atoms with E-state index in [-0.39, 0.29) is 0 Å². The zero-order chi connectivity index (χ0) is 13.2. The van der Waals surface area contributed by atoms with Gasteiger partial charge in [-0.1, -0.05) is 12.1 Å². The Bertz CT molecular complexity index is 738. The van der Waals surface area contributed by atoms with E-state index in [9.17, 15) is 0 Å². The normalized spacial score (nSPS) is 10.6. The Hall–Kier alpha value is -2.55. The van der Waals surface area contributed by atoms with Gasteiger partial charge in [0.1, 0.15) is 11.5 Å². The third-order valence-corrected chi connectivity index (χ3v) is 3.08. The first-order valence-electron chi connectivity index (χ1n) is 6.12. The third-order valence-electron chi connectivity index (χ3n) is 3.08. The number of aryl methyl sites for hydroxylation is 1. The van der Waals surface area contributed by atoms with Gasteiger partial charge in [-0.2, -0.15) is 0 Å². The molecule has 0 spiro atoms. The van der Waals surface area contributed by atoms with Gasteiger partial charge >= 0.3 is 0 Å². The smallest absolute Gasteiger partial charge is 0.150 e. The van der Waals surface area contributed by atoms with Gasteiger partial charge in [0.2, 0.25) is 0 Å². The van der Waals surface area contributed by atoms with E-state index in [1.54, 1.807) is 0 Å². The van der Waals surface area contributed by atoms with Crippen LogP contribution in [0.2, 0.25) is 0 Å². The Morgan fingerprint density at radius 1 is 1.05 bits per heavy atom. The van der Waals surface area contributed by atoms with E-state index in [0.29, 0.717) is 11.4 Å². The van der Waals surface area contributed by atoms with Crippen LogP contribution < -0.4 is 10.5 Å². The average Bonchev–Trinajstić information content (AvgIpc) is 2.42. The van der Waals surface area contributed by atoms with Crippen molar-refractivity contribution < 1.29 is 4.74 Å². The van der Waals surface area contributed by atoms with E-state index >= 15 is 0 Å². The molecule has 1 aromatic heterocycles. The van der Waals surface area contributed by atoms with E-state index in [1.807, 2.05) is 54.7 Å². The standard InChI is InChI=1S/C16H14N2O/c1-11-8-9-18-15-7-6-12(10-13(11)15)19-16-5-3-2-4-14(16)17/h2-10H,17H2,1H3. The molecule has 0 radical (unpaired) electrons. The van der Waals surface area contributed by atoms with Gasteiger partial charge in [-0.05, 0) is 48.9 Å². The lowest BCUT2D eigenvalue weighted by Crippen LogP contribution is -1.92. The fourth-order valence-electron chi connectivity index (χ4n) is 2.03. The summed E-state index contributed by atoms with van der Waals surface area (Å²) in [6, 6.07) is 15.3. The second kappa shape index (κ2) is 4.61. The molecule has 3 rings (SSSR count). The fraction of sp³-hybridized carbons (Fsp3) is 0.0625. The van der Waals surface area contributed by atoms with Crippen LogP contribution in [0.25, 0.3) is 10.9 Å². The van der Waals surface area contributed by atoms with Crippen LogP contribution in [-0.2, 0) is 0 Å². The predicted octanol–water partition coefficient (Wildman–Crippen LogP) is 3.92. The van der Waals surface area contributed by atoms with Crippen molar-refractivity contribution in [2.45, 2.75) is 6.92 Å². The van der Waals surface area contributed by atoms with Crippen molar-refractivity contribution in [2.24, 2.45) is 0 Å². The van der Waals surface area contributed by atoms with E-state index in [0.717, 1.165) is 16.7 Å². The Morgan fingerprint density at radius 3 is 2.74 bits per heavy atom. The van der Waals surface area contributed by atoms with Crippen LogP contribution in [0.5, 0.6) is 11.5 Å². The number of hydrogen-bond acceptors (Lipinski definition) is 3. The minimum absolute atomic E-state index is 0.630. The molecule has 2 aromatic carbocycles. The lowest BCUT2D eigenvalue weighted by Gasteiger charge is -2.09. The highest BCUT2D eigenvalue weighted by Crippen LogP contribution is 2.29. The summed E-state index contributed by atoms with van der Waals surface area (Å²) in [6.45, 7) is 2.06. The van der Waals surface area contributed by atoms with Crippen molar-refractivity contribution in [1.82, 2.24) is 4.98 Å². The lowest BCUT2D eigenvalue weighted by atomic mass is 10.1. The Balaban J connectivity index is 2.02. The number of nitrogens with zero attached hydrogens (tertiary/aromatic N) is 1. The highest BCUT2D eigenvalue weighted by Gasteiger charge is 2.04. The SMILES string of the molecule is Cc1ccnc2ccc(Oc3ccccc3N)cc12. The molecule has 0 saturated carbocycles. The summed E-state index contributed by atoms with van der Waals surface area (Å²) in [5.41, 5.74) is 8.65. The quantitative estimate of drug-likeness (QED) is 0.701. The van der Waals surface area contributed by atoms with Crippen molar-refractivity contribution in [3.05, 3.63) is 60.3 Å². The zero-order valence-electron chi connectivity index (χ0n) is 10.6. The van der Waals surface area contributed by atoms with E-state index in [2.05, 4.69) is 11.9 Å². The van der Waals surface area contributed by atoms with Gasteiger partial charge in [0.05, 0.1) is 11.2 Å². The van der Waals surface area contributed by atoms with Gasteiger partial charge in [0.15, 0.2) is 0 Å². The summed E-state index contributed by atoms with van der Waals surface area (Å²) in [5, 5.41) is 1.09. The van der Waals surface area contributed by atoms with E-state index < -0.39 is 0 Å². The van der Waals surface area contributed by atoms with Gasteiger partial charge in [-0.3, -0.25) is 4.98 Å². The maximum absolute atomic E-state index is 5.87. The van der Waals surface area contributed by atoms with E-state index in [1.165, 1.54) is 5.56 Å². The molecule has 2 N–H and O–H groups in total. The lowest BCUT2D eigenvalue weighted by molar-refractivity contribution is 0.486. The first-order chi connectivity index (χ1) is 9.24. The molecule has 94 valence electrons. The van der Waals surface area contributed by atoms with Gasteiger partial charge in [-0.25, -0.2) is 0 Å². The molecule has 19 heavy (non-hydrogen) atoms. The number of pyridine rings is 1. The van der Waals surface area contributed by atoms with Gasteiger partial charge in [-0.15, -0.1) is 0 Å². The van der Waals surface area contributed by atoms with Crippen molar-refractivity contribution in [3.8, 4) is 11.5 Å². The minimum Gasteiger partial charge on any atom is -0.455 e. The first kappa shape index (κ1) is 11.5. The molecule has 0 saturated heterocycles. The molecule has 0 fully saturated rings. The van der Waals surface area contributed by atoms with Gasteiger partial charge in [0, 0.05) is 11.6 Å². The number of fused-ring (bicyclic) bond motifs is 1. The van der Waals surface area contributed by atoms with Crippen molar-refractivity contribution in [2.75, 3.05) is 5.73 Å². The maximum Gasteiger partial charge on any atom is 0.150 e. The highest BCUT2D eigenvalue weighted by molar-refractivity contribution is 5.83. The molecule has 0 aliphatic heterocycles. The molecule has 3 heteroatoms. The van der Waals surface area contributed by atoms with Gasteiger partial charge in [0.25, 0.3) is 0 Å². The fourth-order valence-corrected chi connectivity index (χ4v) is 2.03. The molecule has 0 aliphatic rings. The average molecular weight is 250 g/mol. The van der Waals surface area contributed by atoms with Crippen LogP contribution in [0.3, 0.4) is 0 Å². The van der Waals surface area contributed by atoms with Crippen molar-refractivity contribution in [1.29, 1.82) is 0 Å². The van der Waals surface area contributed by atoms with Crippen molar-refractivity contribution >= 4 is 16.6 Å². The molecular weight excluding hydrogens is 236 g/mol. The molecule has 0 amide bonds. The summed E-state index contributed by atoms with van der Waals surface area (Å²) in [5.74, 6) is 1.44. The first-order valence-corrected chi connectivity index (χ1v) is 6.12. The van der Waals surface area contributed by atoms with Crippen LogP contribution >= 0.6 is 0 Å². The second-order valence-corrected chi connectivity index (χ2v) is 4.45. The largest absolute Gasteiger partial charge is 0.455 e. The molecule has 0 unspecified atom stereocenters. The number of nitrogens with two attached hydrogens (primary N) is 1. The molecule has 3 nitrogen and oxygen atoms in total. The molecule has 1 heterocycles. The summed E-state index contributed by atoms with van der Waals surface area (Å²) in [7, 11) is 0. The molecule has 0 bridgehead atoms. The second-order valence-electron chi connectivity index (χ2n) is 4.45. The van der Waals surface area contributed by atoms with Gasteiger partial charge < -0.3 is 10.5 Å². The summed E-state index contributed by atoms with van der Waals surface area (Å²) >= 11 is 0. The van der Waals surface area contributed by atoms with Crippen LogP contribution in [0, 0.1) is 6.92 Å². The Labute approximate surface area is 111 Å². The summed E-state index contributed by atoms with van der Waals surface area (Å²) in [4.78, 5) is 4.33. The monoisotopic (exact) mass is 250 g/mol. The minimum atomic E-state index is 0.630. The van der Waals surface area contributed by atoms with Crippen LogP contribution in [0.15, 0.2) is 54.7 Å². The number of nitrogen functional groups attached to an aromatic ring is 1. The van der Waals surface area contributed by atoms with Crippen LogP contribution in [-0.4, -0.2) is 4.98 Å². The zero-order valence-corrected chi connectivity index (χ0v) is 10.6. The number of benzene rings is 2. The number of hydrogen-bond donors (Lipinski definition) is 1. The number of ether oxygens (including phenoxy) is 1. The van der Waals surface area contributed by atoms with Crippen LogP contribution in [0.4, 0.5) is 5.69 Å². The van der Waals surface area contributed by atoms with Crippen molar-refractivity contribution in [3.63, 3.8) is 0 Å². The molecule has 0 atom stereocenters. The summed E-state index contributed by atoms with van der Waals surface area (Å²) < 4.78 is 5.82. The molecule has 3 aromatic rings. The maximum atomic E-state index is 5.87. The Kier molecular flexibility index (Phi) is 2.80. The topological polar surface area (TPSA) is 48.1 Å². The number of rotatable bonds is 2. The van der Waals surface area contributed by atoms with Crippen LogP contribution in [0.1, 0.15) is 5.56 Å². The number of para-hydroxylation sites is 2. The van der Waals surface area contributed by atoms with E-state index in [4.69, 9.17) is 10.5 Å². The Morgan fingerprint density at radius 2 is 1.89 bits per heavy atom. The highest BCUT2D eigenvalue weighted by atomic mass is 16.5. The molecule has 0 aliphatic carbocycles. The number of aromatic nitrogens is 1. The predicted molar refractivity (Wildman–Crippen MR) is 77.4 cm³/mol.